The molecule has 0 amide bonds. The lowest BCUT2D eigenvalue weighted by Crippen LogP contribution is -2.11. The maximum absolute atomic E-state index is 8.90. The summed E-state index contributed by atoms with van der Waals surface area (Å²) in [5.41, 5.74) is 2.53. The van der Waals surface area contributed by atoms with E-state index in [2.05, 4.69) is 27.0 Å². The Hall–Kier alpha value is -1.86. The molecule has 0 spiro atoms. The fourth-order valence-corrected chi connectivity index (χ4v) is 1.85. The summed E-state index contributed by atoms with van der Waals surface area (Å²) >= 11 is 3.43. The predicted molar refractivity (Wildman–Crippen MR) is 75.9 cm³/mol. The van der Waals surface area contributed by atoms with Gasteiger partial charge in [-0.15, -0.1) is 0 Å². The molecule has 0 bridgehead atoms. The molecule has 2 rings (SSSR count). The Labute approximate surface area is 115 Å². The summed E-state index contributed by atoms with van der Waals surface area (Å²) in [4.78, 5) is 6.46. The maximum Gasteiger partial charge on any atom is 0.133 e. The molecule has 0 aliphatic rings. The zero-order chi connectivity index (χ0) is 13.1. The van der Waals surface area contributed by atoms with Gasteiger partial charge in [0.15, 0.2) is 0 Å². The number of anilines is 2. The van der Waals surface area contributed by atoms with Crippen molar-refractivity contribution in [2.24, 2.45) is 0 Å². The molecule has 0 N–H and O–H groups in total. The van der Waals surface area contributed by atoms with Gasteiger partial charge in [-0.3, -0.25) is 0 Å². The molecule has 0 saturated carbocycles. The molecular weight excluding hydrogens is 290 g/mol. The lowest BCUT2D eigenvalue weighted by Gasteiger charge is -2.19. The number of hydrogen-bond donors (Lipinski definition) is 0. The second-order valence-electron chi connectivity index (χ2n) is 3.96. The first-order chi connectivity index (χ1) is 8.61. The van der Waals surface area contributed by atoms with Gasteiger partial charge < -0.3 is 4.90 Å². The van der Waals surface area contributed by atoms with E-state index in [0.717, 1.165) is 21.7 Å². The normalized spacial score (nSPS) is 9.89. The highest BCUT2D eigenvalue weighted by Gasteiger charge is 2.07. The van der Waals surface area contributed by atoms with Crippen LogP contribution in [0.3, 0.4) is 0 Å². The minimum absolute atomic E-state index is 0.646. The Morgan fingerprint density at radius 2 is 2.06 bits per heavy atom. The summed E-state index contributed by atoms with van der Waals surface area (Å²) in [5, 5.41) is 8.90. The first-order valence-electron chi connectivity index (χ1n) is 5.49. The summed E-state index contributed by atoms with van der Waals surface area (Å²) in [6.07, 6.45) is 0. The second-order valence-corrected chi connectivity index (χ2v) is 4.81. The highest BCUT2D eigenvalue weighted by molar-refractivity contribution is 9.10. The number of rotatable bonds is 2. The van der Waals surface area contributed by atoms with E-state index < -0.39 is 0 Å². The summed E-state index contributed by atoms with van der Waals surface area (Å²) < 4.78 is 0.991. The van der Waals surface area contributed by atoms with Crippen LogP contribution in [0.2, 0.25) is 0 Å². The zero-order valence-corrected chi connectivity index (χ0v) is 11.8. The van der Waals surface area contributed by atoms with Crippen LogP contribution in [0.25, 0.3) is 0 Å². The fraction of sp³-hybridized carbons (Fsp3) is 0.143. The fourth-order valence-electron chi connectivity index (χ4n) is 1.63. The van der Waals surface area contributed by atoms with Crippen LogP contribution >= 0.6 is 15.9 Å². The van der Waals surface area contributed by atoms with Crippen LogP contribution in [0.4, 0.5) is 11.5 Å². The topological polar surface area (TPSA) is 39.9 Å². The van der Waals surface area contributed by atoms with Crippen molar-refractivity contribution in [3.8, 4) is 6.07 Å². The average molecular weight is 302 g/mol. The lowest BCUT2D eigenvalue weighted by molar-refractivity contribution is 1.08. The molecule has 1 heterocycles. The first-order valence-corrected chi connectivity index (χ1v) is 6.28. The maximum atomic E-state index is 8.90. The van der Waals surface area contributed by atoms with Crippen LogP contribution in [0.5, 0.6) is 0 Å². The summed E-state index contributed by atoms with van der Waals surface area (Å²) in [5.74, 6) is 0.853. The van der Waals surface area contributed by atoms with E-state index in [0.29, 0.717) is 5.56 Å². The van der Waals surface area contributed by atoms with Gasteiger partial charge in [-0.25, -0.2) is 4.98 Å². The van der Waals surface area contributed by atoms with Gasteiger partial charge in [0.05, 0.1) is 17.3 Å². The summed E-state index contributed by atoms with van der Waals surface area (Å²) in [6.45, 7) is 1.95. The third-order valence-electron chi connectivity index (χ3n) is 2.71. The number of nitriles is 1. The molecule has 0 unspecified atom stereocenters. The molecule has 1 aromatic heterocycles. The van der Waals surface area contributed by atoms with Gasteiger partial charge >= 0.3 is 0 Å². The Bertz CT molecular complexity index is 617. The second kappa shape index (κ2) is 5.19. The number of pyridine rings is 1. The lowest BCUT2D eigenvalue weighted by atomic mass is 10.2. The minimum Gasteiger partial charge on any atom is -0.329 e. The van der Waals surface area contributed by atoms with Crippen molar-refractivity contribution in [3.63, 3.8) is 0 Å². The molecule has 0 aliphatic carbocycles. The smallest absolute Gasteiger partial charge is 0.133 e. The third-order valence-corrected chi connectivity index (χ3v) is 3.55. The van der Waals surface area contributed by atoms with E-state index in [1.54, 1.807) is 6.07 Å². The Kier molecular flexibility index (Phi) is 3.63. The van der Waals surface area contributed by atoms with Crippen molar-refractivity contribution in [1.82, 2.24) is 4.98 Å². The van der Waals surface area contributed by atoms with Gasteiger partial charge in [0.2, 0.25) is 0 Å². The minimum atomic E-state index is 0.646. The van der Waals surface area contributed by atoms with Crippen molar-refractivity contribution < 1.29 is 0 Å². The molecule has 0 radical (unpaired) electrons. The van der Waals surface area contributed by atoms with Crippen LogP contribution in [-0.2, 0) is 0 Å². The largest absolute Gasteiger partial charge is 0.329 e. The quantitative estimate of drug-likeness (QED) is 0.847. The summed E-state index contributed by atoms with van der Waals surface area (Å²) in [6, 6.07) is 13.5. The highest BCUT2D eigenvalue weighted by atomic mass is 79.9. The molecule has 0 fully saturated rings. The molecule has 0 saturated heterocycles. The SMILES string of the molecule is Cc1nc(N(C)c2cccc(C#N)c2)ccc1Br. The van der Waals surface area contributed by atoms with Crippen LogP contribution in [0.1, 0.15) is 11.3 Å². The molecular formula is C14H12BrN3. The molecule has 18 heavy (non-hydrogen) atoms. The molecule has 0 aliphatic heterocycles. The van der Waals surface area contributed by atoms with Gasteiger partial charge in [0.25, 0.3) is 0 Å². The number of halogens is 1. The molecule has 2 aromatic rings. The Morgan fingerprint density at radius 1 is 1.28 bits per heavy atom. The number of nitrogens with zero attached hydrogens (tertiary/aromatic N) is 3. The average Bonchev–Trinajstić information content (AvgIpc) is 2.41. The zero-order valence-electron chi connectivity index (χ0n) is 10.2. The molecule has 1 aromatic carbocycles. The summed E-state index contributed by atoms with van der Waals surface area (Å²) in [7, 11) is 1.94. The van der Waals surface area contributed by atoms with E-state index >= 15 is 0 Å². The highest BCUT2D eigenvalue weighted by Crippen LogP contribution is 2.25. The van der Waals surface area contributed by atoms with Crippen molar-refractivity contribution in [1.29, 1.82) is 5.26 Å². The van der Waals surface area contributed by atoms with E-state index in [-0.39, 0.29) is 0 Å². The molecule has 4 heteroatoms. The van der Waals surface area contributed by atoms with E-state index in [1.807, 2.05) is 49.2 Å². The van der Waals surface area contributed by atoms with Crippen molar-refractivity contribution >= 4 is 27.4 Å². The predicted octanol–water partition coefficient (Wildman–Crippen LogP) is 3.79. The standard InChI is InChI=1S/C14H12BrN3/c1-10-13(15)6-7-14(17-10)18(2)12-5-3-4-11(8-12)9-16/h3-8H,1-2H3. The van der Waals surface area contributed by atoms with Crippen molar-refractivity contribution in [3.05, 3.63) is 52.1 Å². The van der Waals surface area contributed by atoms with E-state index in [9.17, 15) is 0 Å². The van der Waals surface area contributed by atoms with Gasteiger partial charge in [0, 0.05) is 17.2 Å². The number of benzene rings is 1. The molecule has 3 nitrogen and oxygen atoms in total. The van der Waals surface area contributed by atoms with E-state index in [4.69, 9.17) is 5.26 Å². The van der Waals surface area contributed by atoms with Crippen molar-refractivity contribution in [2.75, 3.05) is 11.9 Å². The molecule has 90 valence electrons. The first kappa shape index (κ1) is 12.6. The van der Waals surface area contributed by atoms with E-state index in [1.165, 1.54) is 0 Å². The van der Waals surface area contributed by atoms with Gasteiger partial charge in [-0.05, 0) is 53.2 Å². The molecule has 0 atom stereocenters. The van der Waals surface area contributed by atoms with Crippen LogP contribution in [0, 0.1) is 18.3 Å². The van der Waals surface area contributed by atoms with Crippen molar-refractivity contribution in [2.45, 2.75) is 6.92 Å². The Balaban J connectivity index is 2.38. The number of aromatic nitrogens is 1. The van der Waals surface area contributed by atoms with Crippen LogP contribution < -0.4 is 4.90 Å². The van der Waals surface area contributed by atoms with Crippen LogP contribution in [-0.4, -0.2) is 12.0 Å². The van der Waals surface area contributed by atoms with Crippen LogP contribution in [0.15, 0.2) is 40.9 Å². The van der Waals surface area contributed by atoms with Gasteiger partial charge in [-0.1, -0.05) is 6.07 Å². The monoisotopic (exact) mass is 301 g/mol. The number of hydrogen-bond acceptors (Lipinski definition) is 3. The van der Waals surface area contributed by atoms with Gasteiger partial charge in [0.1, 0.15) is 5.82 Å². The van der Waals surface area contributed by atoms with Gasteiger partial charge in [-0.2, -0.15) is 5.26 Å². The third kappa shape index (κ3) is 2.52. The Morgan fingerprint density at radius 3 is 2.72 bits per heavy atom. The number of aryl methyl sites for hydroxylation is 1.